The van der Waals surface area contributed by atoms with Crippen LogP contribution in [-0.4, -0.2) is 41.0 Å². The summed E-state index contributed by atoms with van der Waals surface area (Å²) in [5.74, 6) is 0.568. The van der Waals surface area contributed by atoms with Crippen LogP contribution in [0.2, 0.25) is 0 Å². The third-order valence-corrected chi connectivity index (χ3v) is 3.50. The van der Waals surface area contributed by atoms with Crippen molar-refractivity contribution in [2.24, 2.45) is 0 Å². The van der Waals surface area contributed by atoms with Gasteiger partial charge in [-0.2, -0.15) is 0 Å². The summed E-state index contributed by atoms with van der Waals surface area (Å²) in [6, 6.07) is 7.24. The second-order valence-corrected chi connectivity index (χ2v) is 5.10. The third-order valence-electron chi connectivity index (χ3n) is 3.50. The molecule has 0 unspecified atom stereocenters. The van der Waals surface area contributed by atoms with Gasteiger partial charge in [-0.25, -0.2) is 0 Å². The minimum Gasteiger partial charge on any atom is -0.490 e. The molecule has 1 aliphatic rings. The molecule has 20 heavy (non-hydrogen) atoms. The van der Waals surface area contributed by atoms with E-state index in [1.54, 1.807) is 12.1 Å². The third kappa shape index (κ3) is 3.98. The summed E-state index contributed by atoms with van der Waals surface area (Å²) < 4.78 is 5.90. The lowest BCUT2D eigenvalue weighted by Crippen LogP contribution is -2.40. The Kier molecular flexibility index (Phi) is 4.61. The molecular formula is C15H20N2O3. The predicted molar refractivity (Wildman–Crippen MR) is 76.4 cm³/mol. The first-order valence-corrected chi connectivity index (χ1v) is 6.82. The van der Waals surface area contributed by atoms with Crippen molar-refractivity contribution in [2.45, 2.75) is 32.3 Å². The number of nitrogens with one attached hydrogen (secondary N) is 1. The molecule has 0 saturated carbocycles. The van der Waals surface area contributed by atoms with Crippen LogP contribution in [0, 0.1) is 5.41 Å². The van der Waals surface area contributed by atoms with Gasteiger partial charge in [0.05, 0.1) is 12.3 Å². The highest BCUT2D eigenvalue weighted by Gasteiger charge is 2.20. The van der Waals surface area contributed by atoms with E-state index in [2.05, 4.69) is 4.90 Å². The van der Waals surface area contributed by atoms with Crippen LogP contribution < -0.4 is 4.74 Å². The van der Waals surface area contributed by atoms with Crippen molar-refractivity contribution in [3.63, 3.8) is 0 Å². The van der Waals surface area contributed by atoms with Crippen molar-refractivity contribution in [3.05, 3.63) is 29.8 Å². The Labute approximate surface area is 118 Å². The van der Waals surface area contributed by atoms with E-state index < -0.39 is 5.97 Å². The molecule has 0 aliphatic carbocycles. The monoisotopic (exact) mass is 276 g/mol. The average Bonchev–Trinajstić information content (AvgIpc) is 2.41. The largest absolute Gasteiger partial charge is 0.490 e. The van der Waals surface area contributed by atoms with E-state index in [1.807, 2.05) is 19.1 Å². The molecule has 0 atom stereocenters. The number of piperidine rings is 1. The zero-order valence-corrected chi connectivity index (χ0v) is 11.6. The van der Waals surface area contributed by atoms with Crippen molar-refractivity contribution in [1.82, 2.24) is 4.90 Å². The number of rotatable bonds is 4. The van der Waals surface area contributed by atoms with Crippen molar-refractivity contribution in [1.29, 1.82) is 5.41 Å². The summed E-state index contributed by atoms with van der Waals surface area (Å²) in [6.45, 7) is 3.52. The first kappa shape index (κ1) is 14.4. The van der Waals surface area contributed by atoms with Gasteiger partial charge in [0.25, 0.3) is 0 Å². The van der Waals surface area contributed by atoms with Crippen LogP contribution in [0.15, 0.2) is 24.3 Å². The number of ether oxygens (including phenoxy) is 1. The van der Waals surface area contributed by atoms with Gasteiger partial charge < -0.3 is 14.7 Å². The second-order valence-electron chi connectivity index (χ2n) is 5.10. The van der Waals surface area contributed by atoms with Gasteiger partial charge in [0.2, 0.25) is 0 Å². The zero-order chi connectivity index (χ0) is 14.5. The molecule has 2 rings (SSSR count). The molecule has 1 aromatic carbocycles. The summed E-state index contributed by atoms with van der Waals surface area (Å²) in [4.78, 5) is 12.7. The Hall–Kier alpha value is -2.04. The first-order valence-electron chi connectivity index (χ1n) is 6.82. The number of aliphatic carboxylic acids is 1. The number of carboxylic acid groups (broad SMARTS) is 1. The number of amidine groups is 1. The maximum atomic E-state index is 10.6. The van der Waals surface area contributed by atoms with Crippen molar-refractivity contribution >= 4 is 11.8 Å². The van der Waals surface area contributed by atoms with Crippen molar-refractivity contribution < 1.29 is 14.6 Å². The molecule has 0 amide bonds. The van der Waals surface area contributed by atoms with Crippen LogP contribution in [0.25, 0.3) is 0 Å². The lowest BCUT2D eigenvalue weighted by atomic mass is 10.1. The van der Waals surface area contributed by atoms with Crippen LogP contribution in [-0.2, 0) is 11.2 Å². The molecule has 5 heteroatoms. The van der Waals surface area contributed by atoms with Gasteiger partial charge in [-0.05, 0) is 24.6 Å². The zero-order valence-electron chi connectivity index (χ0n) is 11.6. The molecular weight excluding hydrogens is 256 g/mol. The number of nitrogens with zero attached hydrogens (tertiary/aromatic N) is 1. The summed E-state index contributed by atoms with van der Waals surface area (Å²) in [5, 5.41) is 16.3. The number of carbonyl (C=O) groups is 1. The van der Waals surface area contributed by atoms with Gasteiger partial charge in [-0.15, -0.1) is 0 Å². The van der Waals surface area contributed by atoms with Gasteiger partial charge >= 0.3 is 5.97 Å². The van der Waals surface area contributed by atoms with E-state index in [1.165, 1.54) is 0 Å². The van der Waals surface area contributed by atoms with Crippen LogP contribution in [0.1, 0.15) is 25.3 Å². The number of hydrogen-bond donors (Lipinski definition) is 2. The lowest BCUT2D eigenvalue weighted by Gasteiger charge is -2.32. The Bertz CT molecular complexity index is 476. The maximum absolute atomic E-state index is 10.6. The van der Waals surface area contributed by atoms with Gasteiger partial charge in [-0.3, -0.25) is 10.2 Å². The summed E-state index contributed by atoms with van der Waals surface area (Å²) >= 11 is 0. The SMILES string of the molecule is CC(=N)N1CCC(Oc2ccc(CC(=O)O)cc2)CC1. The number of carboxylic acids is 1. The Morgan fingerprint density at radius 1 is 1.35 bits per heavy atom. The average molecular weight is 276 g/mol. The Balaban J connectivity index is 1.85. The van der Waals surface area contributed by atoms with Crippen LogP contribution >= 0.6 is 0 Å². The van der Waals surface area contributed by atoms with Crippen LogP contribution in [0.5, 0.6) is 5.75 Å². The Morgan fingerprint density at radius 2 is 1.95 bits per heavy atom. The Morgan fingerprint density at radius 3 is 2.45 bits per heavy atom. The van der Waals surface area contributed by atoms with Crippen molar-refractivity contribution in [3.8, 4) is 5.75 Å². The highest BCUT2D eigenvalue weighted by atomic mass is 16.5. The highest BCUT2D eigenvalue weighted by Crippen LogP contribution is 2.20. The van der Waals surface area contributed by atoms with Crippen LogP contribution in [0.3, 0.4) is 0 Å². The summed E-state index contributed by atoms with van der Waals surface area (Å²) in [6.07, 6.45) is 2.04. The van der Waals surface area contributed by atoms with Crippen molar-refractivity contribution in [2.75, 3.05) is 13.1 Å². The predicted octanol–water partition coefficient (Wildman–Crippen LogP) is 2.15. The smallest absolute Gasteiger partial charge is 0.307 e. The molecule has 1 fully saturated rings. The highest BCUT2D eigenvalue weighted by molar-refractivity contribution is 5.76. The van der Waals surface area contributed by atoms with Gasteiger partial charge in [0, 0.05) is 25.9 Å². The molecule has 0 spiro atoms. The maximum Gasteiger partial charge on any atom is 0.307 e. The molecule has 108 valence electrons. The minimum absolute atomic E-state index is 0.0390. The number of hydrogen-bond acceptors (Lipinski definition) is 3. The molecule has 1 saturated heterocycles. The molecule has 1 aliphatic heterocycles. The molecule has 1 aromatic rings. The fraction of sp³-hybridized carbons (Fsp3) is 0.467. The van der Waals surface area contributed by atoms with E-state index in [-0.39, 0.29) is 12.5 Å². The molecule has 0 radical (unpaired) electrons. The van der Waals surface area contributed by atoms with Gasteiger partial charge in [0.15, 0.2) is 0 Å². The molecule has 0 aromatic heterocycles. The lowest BCUT2D eigenvalue weighted by molar-refractivity contribution is -0.136. The summed E-state index contributed by atoms with van der Waals surface area (Å²) in [5.41, 5.74) is 0.777. The second kappa shape index (κ2) is 6.41. The fourth-order valence-corrected chi connectivity index (χ4v) is 2.36. The van der Waals surface area contributed by atoms with Crippen LogP contribution in [0.4, 0.5) is 0 Å². The fourth-order valence-electron chi connectivity index (χ4n) is 2.36. The normalized spacial score (nSPS) is 15.9. The standard InChI is InChI=1S/C15H20N2O3/c1-11(16)17-8-6-14(7-9-17)20-13-4-2-12(3-5-13)10-15(18)19/h2-5,14,16H,6-10H2,1H3,(H,18,19). The summed E-state index contributed by atoms with van der Waals surface area (Å²) in [7, 11) is 0. The topological polar surface area (TPSA) is 73.6 Å². The quantitative estimate of drug-likeness (QED) is 0.653. The molecule has 5 nitrogen and oxygen atoms in total. The van der Waals surface area contributed by atoms with E-state index >= 15 is 0 Å². The van der Waals surface area contributed by atoms with E-state index in [4.69, 9.17) is 15.3 Å². The molecule has 0 bridgehead atoms. The number of likely N-dealkylation sites (tertiary alicyclic amines) is 1. The molecule has 1 heterocycles. The first-order chi connectivity index (χ1) is 9.54. The van der Waals surface area contributed by atoms with E-state index in [9.17, 15) is 4.79 Å². The van der Waals surface area contributed by atoms with E-state index in [0.717, 1.165) is 37.2 Å². The van der Waals surface area contributed by atoms with Gasteiger partial charge in [0.1, 0.15) is 11.9 Å². The van der Waals surface area contributed by atoms with E-state index in [0.29, 0.717) is 5.84 Å². The molecule has 2 N–H and O–H groups in total. The minimum atomic E-state index is -0.826. The van der Waals surface area contributed by atoms with Gasteiger partial charge in [-0.1, -0.05) is 12.1 Å². The number of benzene rings is 1.